The molecule has 0 unspecified atom stereocenters. The summed E-state index contributed by atoms with van der Waals surface area (Å²) >= 11 is 0. The van der Waals surface area contributed by atoms with Crippen molar-refractivity contribution in [3.05, 3.63) is 71.7 Å². The van der Waals surface area contributed by atoms with Crippen LogP contribution in [0, 0.1) is 5.82 Å². The van der Waals surface area contributed by atoms with E-state index in [1.165, 1.54) is 12.1 Å². The first-order chi connectivity index (χ1) is 10.1. The summed E-state index contributed by atoms with van der Waals surface area (Å²) in [6.45, 7) is 1.87. The molecule has 3 aromatic rings. The number of carbonyl (C=O) groups is 1. The van der Waals surface area contributed by atoms with Gasteiger partial charge in [0, 0.05) is 10.9 Å². The Morgan fingerprint density at radius 1 is 1.14 bits per heavy atom. The minimum atomic E-state index is -0.284. The molecule has 0 aliphatic carbocycles. The number of benzene rings is 2. The molecule has 0 bridgehead atoms. The van der Waals surface area contributed by atoms with E-state index < -0.39 is 0 Å². The maximum Gasteiger partial charge on any atom is 0.268 e. The Balaban J connectivity index is 1.77. The SMILES string of the molecule is C[C@@H](NC(=O)c1cc2ccccc2[nH]1)c1ccc(F)cc1. The molecule has 2 N–H and O–H groups in total. The van der Waals surface area contributed by atoms with Gasteiger partial charge in [0.25, 0.3) is 5.91 Å². The molecule has 0 aliphatic heterocycles. The zero-order valence-electron chi connectivity index (χ0n) is 11.6. The molecule has 0 aliphatic rings. The van der Waals surface area contributed by atoms with E-state index in [4.69, 9.17) is 0 Å². The third-order valence-electron chi connectivity index (χ3n) is 3.49. The van der Waals surface area contributed by atoms with Crippen molar-refractivity contribution in [3.63, 3.8) is 0 Å². The molecule has 0 saturated carbocycles. The van der Waals surface area contributed by atoms with Crippen LogP contribution in [0.3, 0.4) is 0 Å². The number of rotatable bonds is 3. The van der Waals surface area contributed by atoms with E-state index in [1.54, 1.807) is 12.1 Å². The highest BCUT2D eigenvalue weighted by Crippen LogP contribution is 2.17. The van der Waals surface area contributed by atoms with Crippen LogP contribution in [-0.4, -0.2) is 10.9 Å². The van der Waals surface area contributed by atoms with Crippen molar-refractivity contribution in [1.82, 2.24) is 10.3 Å². The molecule has 3 nitrogen and oxygen atoms in total. The van der Waals surface area contributed by atoms with Gasteiger partial charge in [0.05, 0.1) is 6.04 Å². The smallest absolute Gasteiger partial charge is 0.268 e. The van der Waals surface area contributed by atoms with Crippen molar-refractivity contribution in [1.29, 1.82) is 0 Å². The molecule has 1 aromatic heterocycles. The van der Waals surface area contributed by atoms with Gasteiger partial charge in [0.2, 0.25) is 0 Å². The third-order valence-corrected chi connectivity index (χ3v) is 3.49. The maximum atomic E-state index is 12.9. The van der Waals surface area contributed by atoms with Gasteiger partial charge >= 0.3 is 0 Å². The van der Waals surface area contributed by atoms with Crippen LogP contribution < -0.4 is 5.32 Å². The lowest BCUT2D eigenvalue weighted by Gasteiger charge is -2.13. The van der Waals surface area contributed by atoms with E-state index in [9.17, 15) is 9.18 Å². The summed E-state index contributed by atoms with van der Waals surface area (Å²) in [4.78, 5) is 15.3. The number of aromatic amines is 1. The van der Waals surface area contributed by atoms with Crippen LogP contribution in [-0.2, 0) is 0 Å². The predicted molar refractivity (Wildman–Crippen MR) is 80.6 cm³/mol. The number of amides is 1. The summed E-state index contributed by atoms with van der Waals surface area (Å²) < 4.78 is 12.9. The number of hydrogen-bond donors (Lipinski definition) is 2. The highest BCUT2D eigenvalue weighted by Gasteiger charge is 2.13. The molecule has 3 rings (SSSR count). The van der Waals surface area contributed by atoms with Crippen LogP contribution in [0.25, 0.3) is 10.9 Å². The second-order valence-corrected chi connectivity index (χ2v) is 5.02. The number of hydrogen-bond acceptors (Lipinski definition) is 1. The molecule has 0 saturated heterocycles. The lowest BCUT2D eigenvalue weighted by molar-refractivity contribution is 0.0935. The topological polar surface area (TPSA) is 44.9 Å². The van der Waals surface area contributed by atoms with E-state index in [2.05, 4.69) is 10.3 Å². The predicted octanol–water partition coefficient (Wildman–Crippen LogP) is 3.80. The molecule has 0 radical (unpaired) electrons. The third kappa shape index (κ3) is 2.79. The number of aromatic nitrogens is 1. The Morgan fingerprint density at radius 2 is 1.86 bits per heavy atom. The Hall–Kier alpha value is -2.62. The lowest BCUT2D eigenvalue weighted by Crippen LogP contribution is -2.26. The number of halogens is 1. The zero-order valence-corrected chi connectivity index (χ0v) is 11.6. The van der Waals surface area contributed by atoms with Crippen molar-refractivity contribution in [2.24, 2.45) is 0 Å². The summed E-state index contributed by atoms with van der Waals surface area (Å²) in [6.07, 6.45) is 0. The molecule has 106 valence electrons. The molecule has 1 amide bonds. The second-order valence-electron chi connectivity index (χ2n) is 5.02. The largest absolute Gasteiger partial charge is 0.351 e. The van der Waals surface area contributed by atoms with Crippen molar-refractivity contribution >= 4 is 16.8 Å². The fraction of sp³-hybridized carbons (Fsp3) is 0.118. The summed E-state index contributed by atoms with van der Waals surface area (Å²) in [5.41, 5.74) is 2.31. The Labute approximate surface area is 121 Å². The molecule has 21 heavy (non-hydrogen) atoms. The average Bonchev–Trinajstić information content (AvgIpc) is 2.92. The number of para-hydroxylation sites is 1. The summed E-state index contributed by atoms with van der Waals surface area (Å²) in [5, 5.41) is 3.90. The maximum absolute atomic E-state index is 12.9. The van der Waals surface area contributed by atoms with Crippen molar-refractivity contribution in [2.45, 2.75) is 13.0 Å². The van der Waals surface area contributed by atoms with Gasteiger partial charge in [-0.25, -0.2) is 4.39 Å². The van der Waals surface area contributed by atoms with Gasteiger partial charge in [0.15, 0.2) is 0 Å². The molecule has 0 spiro atoms. The van der Waals surface area contributed by atoms with Gasteiger partial charge in [-0.2, -0.15) is 0 Å². The van der Waals surface area contributed by atoms with E-state index >= 15 is 0 Å². The first-order valence-electron chi connectivity index (χ1n) is 6.77. The van der Waals surface area contributed by atoms with Crippen molar-refractivity contribution < 1.29 is 9.18 Å². The molecule has 1 heterocycles. The number of fused-ring (bicyclic) bond motifs is 1. The zero-order chi connectivity index (χ0) is 14.8. The van der Waals surface area contributed by atoms with Crippen LogP contribution in [0.4, 0.5) is 4.39 Å². The van der Waals surface area contributed by atoms with Crippen LogP contribution in [0.5, 0.6) is 0 Å². The Morgan fingerprint density at radius 3 is 2.57 bits per heavy atom. The number of H-pyrrole nitrogens is 1. The number of carbonyl (C=O) groups excluding carboxylic acids is 1. The van der Waals surface area contributed by atoms with Crippen LogP contribution in [0.2, 0.25) is 0 Å². The first kappa shape index (κ1) is 13.4. The van der Waals surface area contributed by atoms with Crippen molar-refractivity contribution in [3.8, 4) is 0 Å². The van der Waals surface area contributed by atoms with Gasteiger partial charge < -0.3 is 10.3 Å². The lowest BCUT2D eigenvalue weighted by atomic mass is 10.1. The van der Waals surface area contributed by atoms with E-state index in [-0.39, 0.29) is 17.8 Å². The molecule has 4 heteroatoms. The van der Waals surface area contributed by atoms with Crippen LogP contribution >= 0.6 is 0 Å². The molecule has 1 atom stereocenters. The summed E-state index contributed by atoms with van der Waals surface area (Å²) in [6, 6.07) is 15.5. The van der Waals surface area contributed by atoms with E-state index in [0.717, 1.165) is 16.5 Å². The van der Waals surface area contributed by atoms with E-state index in [1.807, 2.05) is 37.3 Å². The highest BCUT2D eigenvalue weighted by molar-refractivity contribution is 5.98. The fourth-order valence-corrected chi connectivity index (χ4v) is 2.30. The molecular formula is C17H15FN2O. The van der Waals surface area contributed by atoms with Gasteiger partial charge in [-0.15, -0.1) is 0 Å². The minimum absolute atomic E-state index is 0.178. The monoisotopic (exact) mass is 282 g/mol. The quantitative estimate of drug-likeness (QED) is 0.754. The van der Waals surface area contributed by atoms with Crippen LogP contribution in [0.15, 0.2) is 54.6 Å². The van der Waals surface area contributed by atoms with Crippen molar-refractivity contribution in [2.75, 3.05) is 0 Å². The Bertz CT molecular complexity index is 744. The first-order valence-corrected chi connectivity index (χ1v) is 6.77. The standard InChI is InChI=1S/C17H15FN2O/c1-11(12-6-8-14(18)9-7-12)19-17(21)16-10-13-4-2-3-5-15(13)20-16/h2-11,20H,1H3,(H,19,21)/t11-/m1/s1. The van der Waals surface area contributed by atoms with Crippen LogP contribution in [0.1, 0.15) is 29.0 Å². The Kier molecular flexibility index (Phi) is 3.44. The fourth-order valence-electron chi connectivity index (χ4n) is 2.30. The summed E-state index contributed by atoms with van der Waals surface area (Å²) in [7, 11) is 0. The normalized spacial score (nSPS) is 12.3. The molecular weight excluding hydrogens is 267 g/mol. The van der Waals surface area contributed by atoms with E-state index in [0.29, 0.717) is 5.69 Å². The minimum Gasteiger partial charge on any atom is -0.351 e. The average molecular weight is 282 g/mol. The number of nitrogens with one attached hydrogen (secondary N) is 2. The molecule has 2 aromatic carbocycles. The van der Waals surface area contributed by atoms with Gasteiger partial charge in [-0.1, -0.05) is 30.3 Å². The highest BCUT2D eigenvalue weighted by atomic mass is 19.1. The van der Waals surface area contributed by atoms with Gasteiger partial charge in [-0.05, 0) is 36.8 Å². The van der Waals surface area contributed by atoms with Gasteiger partial charge in [-0.3, -0.25) is 4.79 Å². The summed E-state index contributed by atoms with van der Waals surface area (Å²) in [5.74, 6) is -0.462. The second kappa shape index (κ2) is 5.40. The molecule has 0 fully saturated rings. The van der Waals surface area contributed by atoms with Gasteiger partial charge in [0.1, 0.15) is 11.5 Å².